The fraction of sp³-hybridized carbons (Fsp3) is 0.250. The van der Waals surface area contributed by atoms with Crippen molar-refractivity contribution in [1.82, 2.24) is 10.6 Å². The summed E-state index contributed by atoms with van der Waals surface area (Å²) in [5.41, 5.74) is 4.34. The van der Waals surface area contributed by atoms with E-state index in [1.54, 1.807) is 0 Å². The van der Waals surface area contributed by atoms with Gasteiger partial charge in [0.1, 0.15) is 12.6 Å². The summed E-state index contributed by atoms with van der Waals surface area (Å²) in [7, 11) is 0. The number of carboxylic acid groups (broad SMARTS) is 1. The first-order chi connectivity index (χ1) is 13.5. The Labute approximate surface area is 170 Å². The van der Waals surface area contributed by atoms with Gasteiger partial charge in [0.05, 0.1) is 5.33 Å². The van der Waals surface area contributed by atoms with E-state index >= 15 is 0 Å². The van der Waals surface area contributed by atoms with E-state index in [4.69, 9.17) is 4.74 Å². The topological polar surface area (TPSA) is 105 Å². The molecule has 0 fully saturated rings. The van der Waals surface area contributed by atoms with Crippen molar-refractivity contribution in [3.05, 3.63) is 59.7 Å². The van der Waals surface area contributed by atoms with Crippen molar-refractivity contribution >= 4 is 33.9 Å². The molecule has 1 atom stereocenters. The summed E-state index contributed by atoms with van der Waals surface area (Å²) in [6.45, 7) is -0.149. The number of rotatable bonds is 7. The normalized spacial score (nSPS) is 13.2. The van der Waals surface area contributed by atoms with Crippen molar-refractivity contribution in [3.8, 4) is 11.1 Å². The smallest absolute Gasteiger partial charge is 0.407 e. The number of carboxylic acids is 1. The third kappa shape index (κ3) is 4.33. The molecule has 0 aromatic heterocycles. The van der Waals surface area contributed by atoms with Gasteiger partial charge in [-0.2, -0.15) is 0 Å². The van der Waals surface area contributed by atoms with Gasteiger partial charge in [-0.3, -0.25) is 4.79 Å². The van der Waals surface area contributed by atoms with Crippen LogP contribution in [0.25, 0.3) is 11.1 Å². The van der Waals surface area contributed by atoms with Gasteiger partial charge in [-0.05, 0) is 22.3 Å². The van der Waals surface area contributed by atoms with E-state index < -0.39 is 18.1 Å². The van der Waals surface area contributed by atoms with Crippen LogP contribution in [0, 0.1) is 0 Å². The van der Waals surface area contributed by atoms with Gasteiger partial charge in [0.15, 0.2) is 0 Å². The largest absolute Gasteiger partial charge is 0.480 e. The molecule has 3 rings (SSSR count). The summed E-state index contributed by atoms with van der Waals surface area (Å²) in [5.74, 6) is -1.75. The Morgan fingerprint density at radius 1 is 1.04 bits per heavy atom. The van der Waals surface area contributed by atoms with Crippen LogP contribution < -0.4 is 10.6 Å². The van der Waals surface area contributed by atoms with Crippen LogP contribution in [-0.4, -0.2) is 47.6 Å². The Balaban J connectivity index is 1.64. The molecule has 0 saturated heterocycles. The number of amides is 2. The van der Waals surface area contributed by atoms with Crippen LogP contribution in [-0.2, 0) is 14.3 Å². The number of fused-ring (bicyclic) bond motifs is 3. The van der Waals surface area contributed by atoms with Gasteiger partial charge in [0, 0.05) is 12.5 Å². The molecule has 1 aliphatic carbocycles. The summed E-state index contributed by atoms with van der Waals surface area (Å²) in [4.78, 5) is 34.7. The van der Waals surface area contributed by atoms with Gasteiger partial charge >= 0.3 is 12.1 Å². The third-order valence-electron chi connectivity index (χ3n) is 4.56. The number of nitrogens with one attached hydrogen (secondary N) is 2. The molecule has 0 bridgehead atoms. The number of carbonyl (C=O) groups is 3. The molecule has 146 valence electrons. The Morgan fingerprint density at radius 3 is 2.14 bits per heavy atom. The Kier molecular flexibility index (Phi) is 6.30. The summed E-state index contributed by atoms with van der Waals surface area (Å²) >= 11 is 2.97. The number of alkyl carbamates (subject to hydrolysis) is 1. The van der Waals surface area contributed by atoms with E-state index in [2.05, 4.69) is 26.6 Å². The van der Waals surface area contributed by atoms with Gasteiger partial charge in [0.2, 0.25) is 5.91 Å². The van der Waals surface area contributed by atoms with E-state index in [1.165, 1.54) is 0 Å². The molecule has 1 aliphatic rings. The van der Waals surface area contributed by atoms with Crippen LogP contribution in [0.1, 0.15) is 17.0 Å². The van der Waals surface area contributed by atoms with Crippen molar-refractivity contribution in [2.75, 3.05) is 18.5 Å². The van der Waals surface area contributed by atoms with Gasteiger partial charge in [-0.15, -0.1) is 0 Å². The lowest BCUT2D eigenvalue weighted by Gasteiger charge is -2.17. The molecule has 2 aromatic carbocycles. The van der Waals surface area contributed by atoms with Crippen molar-refractivity contribution in [3.63, 3.8) is 0 Å². The number of hydrogen-bond donors (Lipinski definition) is 3. The monoisotopic (exact) mass is 446 g/mol. The summed E-state index contributed by atoms with van der Waals surface area (Å²) in [6, 6.07) is 14.6. The first kappa shape index (κ1) is 19.9. The second kappa shape index (κ2) is 8.88. The maximum Gasteiger partial charge on any atom is 0.407 e. The summed E-state index contributed by atoms with van der Waals surface area (Å²) in [5, 5.41) is 13.9. The molecule has 0 heterocycles. The number of benzene rings is 2. The highest BCUT2D eigenvalue weighted by atomic mass is 79.9. The fourth-order valence-corrected chi connectivity index (χ4v) is 3.44. The minimum atomic E-state index is -1.28. The predicted molar refractivity (Wildman–Crippen MR) is 106 cm³/mol. The van der Waals surface area contributed by atoms with E-state index in [9.17, 15) is 19.5 Å². The van der Waals surface area contributed by atoms with Gasteiger partial charge < -0.3 is 20.5 Å². The molecular weight excluding hydrogens is 428 g/mol. The SMILES string of the molecule is O=C(CBr)NCC(NC(=O)OCC1c2ccccc2-c2ccccc21)C(=O)O. The molecule has 0 radical (unpaired) electrons. The molecule has 0 spiro atoms. The number of ether oxygens (including phenoxy) is 1. The maximum atomic E-state index is 12.1. The lowest BCUT2D eigenvalue weighted by atomic mass is 9.98. The maximum absolute atomic E-state index is 12.1. The molecule has 2 aromatic rings. The summed E-state index contributed by atoms with van der Waals surface area (Å²) in [6.07, 6.45) is -0.845. The molecular formula is C20H19BrN2O5. The second-order valence-electron chi connectivity index (χ2n) is 6.30. The van der Waals surface area contributed by atoms with Gasteiger partial charge in [0.25, 0.3) is 0 Å². The van der Waals surface area contributed by atoms with Crippen molar-refractivity contribution in [2.24, 2.45) is 0 Å². The second-order valence-corrected chi connectivity index (χ2v) is 6.86. The average molecular weight is 447 g/mol. The van der Waals surface area contributed by atoms with Crippen LogP contribution in [0.4, 0.5) is 4.79 Å². The quantitative estimate of drug-likeness (QED) is 0.566. The van der Waals surface area contributed by atoms with Crippen LogP contribution >= 0.6 is 15.9 Å². The first-order valence-electron chi connectivity index (χ1n) is 8.68. The molecule has 7 nitrogen and oxygen atoms in total. The zero-order chi connectivity index (χ0) is 20.1. The Hall–Kier alpha value is -2.87. The van der Waals surface area contributed by atoms with Crippen LogP contribution in [0.5, 0.6) is 0 Å². The molecule has 28 heavy (non-hydrogen) atoms. The van der Waals surface area contributed by atoms with E-state index in [0.717, 1.165) is 22.3 Å². The highest BCUT2D eigenvalue weighted by Gasteiger charge is 2.29. The molecule has 8 heteroatoms. The van der Waals surface area contributed by atoms with Crippen molar-refractivity contribution in [2.45, 2.75) is 12.0 Å². The molecule has 1 unspecified atom stereocenters. The number of hydrogen-bond acceptors (Lipinski definition) is 4. The lowest BCUT2D eigenvalue weighted by molar-refractivity contribution is -0.139. The third-order valence-corrected chi connectivity index (χ3v) is 5.07. The number of halogens is 1. The fourth-order valence-electron chi connectivity index (χ4n) is 3.25. The number of aliphatic carboxylic acids is 1. The number of alkyl halides is 1. The summed E-state index contributed by atoms with van der Waals surface area (Å²) < 4.78 is 5.32. The van der Waals surface area contributed by atoms with E-state index in [0.29, 0.717) is 0 Å². The minimum Gasteiger partial charge on any atom is -0.480 e. The minimum absolute atomic E-state index is 0.0459. The van der Waals surface area contributed by atoms with Crippen LogP contribution in [0.15, 0.2) is 48.5 Å². The van der Waals surface area contributed by atoms with Crippen molar-refractivity contribution < 1.29 is 24.2 Å². The van der Waals surface area contributed by atoms with Gasteiger partial charge in [-0.25, -0.2) is 9.59 Å². The highest BCUT2D eigenvalue weighted by Crippen LogP contribution is 2.44. The molecule has 0 aliphatic heterocycles. The lowest BCUT2D eigenvalue weighted by Crippen LogP contribution is -2.48. The van der Waals surface area contributed by atoms with E-state index in [1.807, 2.05) is 48.5 Å². The highest BCUT2D eigenvalue weighted by molar-refractivity contribution is 9.09. The zero-order valence-corrected chi connectivity index (χ0v) is 16.4. The number of carbonyl (C=O) groups excluding carboxylic acids is 2. The zero-order valence-electron chi connectivity index (χ0n) is 14.9. The van der Waals surface area contributed by atoms with Crippen LogP contribution in [0.3, 0.4) is 0 Å². The Bertz CT molecular complexity index is 856. The Morgan fingerprint density at radius 2 is 1.61 bits per heavy atom. The van der Waals surface area contributed by atoms with E-state index in [-0.39, 0.29) is 30.3 Å². The van der Waals surface area contributed by atoms with Crippen LogP contribution in [0.2, 0.25) is 0 Å². The van der Waals surface area contributed by atoms with Crippen molar-refractivity contribution in [1.29, 1.82) is 0 Å². The standard InChI is InChI=1S/C20H19BrN2O5/c21-9-18(24)22-10-17(19(25)26)23-20(27)28-11-16-14-7-3-1-5-12(14)13-6-2-4-8-15(13)16/h1-8,16-17H,9-11H2,(H,22,24)(H,23,27)(H,25,26). The first-order valence-corrected chi connectivity index (χ1v) is 9.80. The predicted octanol–water partition coefficient (Wildman–Crippen LogP) is 2.49. The van der Waals surface area contributed by atoms with Gasteiger partial charge in [-0.1, -0.05) is 64.5 Å². The average Bonchev–Trinajstić information content (AvgIpc) is 3.03. The molecule has 3 N–H and O–H groups in total. The molecule has 2 amide bonds. The molecule has 0 saturated carbocycles.